The minimum absolute atomic E-state index is 0.0996. The molecule has 9 rings (SSSR count). The fraction of sp³-hybridized carbons (Fsp3) is 0.688. The summed E-state index contributed by atoms with van der Waals surface area (Å²) >= 11 is 1.25. The highest BCUT2D eigenvalue weighted by Crippen LogP contribution is 2.43. The lowest BCUT2D eigenvalue weighted by molar-refractivity contribution is -0.147. The molecular weight excluding hydrogens is 1340 g/mol. The number of β-amino-alcohol motifs (C(OH)–C–C–N with tert-alkyl or cyclic N) is 1. The molecule has 0 spiro atoms. The van der Waals surface area contributed by atoms with Gasteiger partial charge < -0.3 is 106 Å². The molecule has 0 radical (unpaired) electrons. The molecule has 35 heteroatoms. The summed E-state index contributed by atoms with van der Waals surface area (Å²) in [5, 5.41) is 125. The van der Waals surface area contributed by atoms with Gasteiger partial charge in [-0.1, -0.05) is 43.6 Å². The number of aromatic nitrogens is 2. The molecule has 6 amide bonds. The molecular formula is C64H95FN12O20S2. The van der Waals surface area contributed by atoms with Gasteiger partial charge in [-0.05, 0) is 119 Å². The van der Waals surface area contributed by atoms with Gasteiger partial charge in [-0.2, -0.15) is 8.42 Å². The summed E-state index contributed by atoms with van der Waals surface area (Å²) in [6, 6.07) is -3.79. The minimum Gasteiger partial charge on any atom is -0.504 e. The van der Waals surface area contributed by atoms with E-state index < -0.39 is 200 Å². The van der Waals surface area contributed by atoms with E-state index in [1.807, 2.05) is 18.1 Å². The highest BCUT2D eigenvalue weighted by molar-refractivity contribution is 7.81. The number of aromatic hydroxyl groups is 1. The van der Waals surface area contributed by atoms with Gasteiger partial charge in [0.2, 0.25) is 40.6 Å². The number of rotatable bonds is 21. The van der Waals surface area contributed by atoms with Crippen LogP contribution in [0, 0.1) is 23.6 Å². The third-order valence-electron chi connectivity index (χ3n) is 20.3. The number of hydrogen-bond donors (Lipinski definition) is 16. The SMILES string of the molecule is COC1(C2CCCCC2)CCN(c2ccc(-c3nnc(N4CCC(CN[C@H]5C[C@@H](O)CNC(=O)[C@@H]6[C@@H](O)[C@@H](C)CN6C(=O)[C@H]([C@H](O)CCNC(CO)CO)NC(=O)[C@H]([C@H](O)Cc6ccc(O)c(OS(=O)(=O)O)c6)NC(=O)[C@@H]6C[C@@H](O)CN6C(=O)[C@H]([C@@H](C)O)NC5=O)CC4)s3)c(F)c2)CC1. The fourth-order valence-corrected chi connectivity index (χ4v) is 15.8. The molecule has 1 aromatic heterocycles. The number of piperidine rings is 2. The molecule has 1 aliphatic carbocycles. The van der Waals surface area contributed by atoms with E-state index in [0.717, 1.165) is 59.6 Å². The Balaban J connectivity index is 0.934. The Bertz CT molecular complexity index is 3390. The van der Waals surface area contributed by atoms with Gasteiger partial charge in [0, 0.05) is 82.9 Å². The number of anilines is 2. The smallest absolute Gasteiger partial charge is 0.446 e. The van der Waals surface area contributed by atoms with Crippen LogP contribution in [0.15, 0.2) is 36.4 Å². The number of aliphatic hydroxyl groups excluding tert-OH is 8. The van der Waals surface area contributed by atoms with Gasteiger partial charge in [-0.25, -0.2) is 4.39 Å². The molecule has 550 valence electrons. The van der Waals surface area contributed by atoms with Crippen LogP contribution in [0.2, 0.25) is 0 Å². The highest BCUT2D eigenvalue weighted by atomic mass is 32.3. The third-order valence-corrected chi connectivity index (χ3v) is 21.7. The summed E-state index contributed by atoms with van der Waals surface area (Å²) in [7, 11) is -3.42. The second kappa shape index (κ2) is 33.9. The van der Waals surface area contributed by atoms with Crippen LogP contribution in [0.25, 0.3) is 10.6 Å². The van der Waals surface area contributed by atoms with Crippen molar-refractivity contribution in [3.63, 3.8) is 0 Å². The zero-order chi connectivity index (χ0) is 71.6. The molecule has 6 aliphatic rings. The van der Waals surface area contributed by atoms with Gasteiger partial charge in [0.15, 0.2) is 16.5 Å². The fourth-order valence-electron chi connectivity index (χ4n) is 14.5. The van der Waals surface area contributed by atoms with Crippen LogP contribution in [0.3, 0.4) is 0 Å². The number of phenolic OH excluding ortho intramolecular Hbond substituents is 1. The van der Waals surface area contributed by atoms with E-state index in [1.54, 1.807) is 12.1 Å². The number of nitrogens with one attached hydrogen (secondary N) is 6. The monoisotopic (exact) mass is 1430 g/mol. The molecule has 13 atom stereocenters. The number of benzene rings is 2. The number of nitrogens with zero attached hydrogens (tertiary/aromatic N) is 6. The number of carbonyl (C=O) groups excluding carboxylic acids is 6. The Kier molecular flexibility index (Phi) is 26.3. The Morgan fingerprint density at radius 3 is 2.11 bits per heavy atom. The highest BCUT2D eigenvalue weighted by Gasteiger charge is 2.50. The molecule has 5 aliphatic heterocycles. The number of aliphatic hydroxyl groups is 8. The van der Waals surface area contributed by atoms with Crippen LogP contribution < -0.4 is 45.9 Å². The zero-order valence-corrected chi connectivity index (χ0v) is 57.2. The average molecular weight is 1440 g/mol. The Labute approximate surface area is 576 Å². The quantitative estimate of drug-likeness (QED) is 0.0478. The molecule has 0 unspecified atom stereocenters. The van der Waals surface area contributed by atoms with Crippen molar-refractivity contribution in [1.82, 2.24) is 51.9 Å². The molecule has 6 fully saturated rings. The Hall–Kier alpha value is -6.58. The van der Waals surface area contributed by atoms with Crippen molar-refractivity contribution >= 4 is 68.0 Å². The predicted molar refractivity (Wildman–Crippen MR) is 354 cm³/mol. The zero-order valence-electron chi connectivity index (χ0n) is 55.6. The standard InChI is InChI=1S/C64H95FN12O20S2/c1-34-30-77-54(55(34)86)59(90)68-29-41(81)26-45(67-28-36-14-19-75(20-15-36)63-73-72-60(98-63)43-11-10-40(25-44(43)65)74-21-16-64(96-3,17-22-74)38-7-5-4-6-8-38)56(87)69-51(35(2)80)61(91)76-31-42(82)27-46(76)57(88)70-52(49(85)23-37-9-12-47(83)50(24-37)97-99(93,94)95)58(89)71-53(62(77)92)48(84)13-18-66-39(32-78)33-79/h9-12,24-25,34-36,38-39,41-42,45-46,48-49,51-55,66-67,78-86H,4-8,13-23,26-33H2,1-3H3,(H,68,90)(H,69,87)(H,70,88)(H,71,89)(H,93,94,95)/t34-,35+,41+,42+,45-,46-,48+,49+,51-,52-,53-,54-,55-/m0/s1. The molecule has 3 aromatic rings. The molecule has 5 saturated heterocycles. The first-order chi connectivity index (χ1) is 47.1. The maximum absolute atomic E-state index is 16.0. The maximum Gasteiger partial charge on any atom is 0.446 e. The van der Waals surface area contributed by atoms with Crippen LogP contribution in [0.1, 0.15) is 96.5 Å². The number of ether oxygens (including phenoxy) is 1. The van der Waals surface area contributed by atoms with Crippen molar-refractivity contribution in [2.75, 3.05) is 89.0 Å². The van der Waals surface area contributed by atoms with Gasteiger partial charge in [-0.15, -0.1) is 10.2 Å². The number of halogens is 1. The number of methoxy groups -OCH3 is 1. The van der Waals surface area contributed by atoms with E-state index in [4.69, 9.17) is 4.74 Å². The molecule has 16 N–H and O–H groups in total. The van der Waals surface area contributed by atoms with Gasteiger partial charge in [0.1, 0.15) is 36.0 Å². The third kappa shape index (κ3) is 18.9. The van der Waals surface area contributed by atoms with Crippen LogP contribution in [-0.2, 0) is 50.3 Å². The number of carbonyl (C=O) groups is 6. The lowest BCUT2D eigenvalue weighted by Crippen LogP contribution is -2.64. The summed E-state index contributed by atoms with van der Waals surface area (Å²) < 4.78 is 59.3. The van der Waals surface area contributed by atoms with Crippen LogP contribution >= 0.6 is 11.3 Å². The number of hydrogen-bond acceptors (Lipinski definition) is 26. The first kappa shape index (κ1) is 76.6. The van der Waals surface area contributed by atoms with E-state index in [-0.39, 0.29) is 36.7 Å². The number of amides is 6. The van der Waals surface area contributed by atoms with Crippen LogP contribution in [0.5, 0.6) is 11.5 Å². The first-order valence-corrected chi connectivity index (χ1v) is 36.0. The molecule has 99 heavy (non-hydrogen) atoms. The molecule has 0 bridgehead atoms. The second-order valence-corrected chi connectivity index (χ2v) is 29.1. The van der Waals surface area contributed by atoms with E-state index >= 15 is 4.39 Å². The van der Waals surface area contributed by atoms with Crippen molar-refractivity contribution in [2.45, 2.75) is 182 Å². The second-order valence-electron chi connectivity index (χ2n) is 27.1. The molecule has 6 heterocycles. The van der Waals surface area contributed by atoms with E-state index in [9.17, 15) is 87.7 Å². The largest absolute Gasteiger partial charge is 0.504 e. The van der Waals surface area contributed by atoms with Crippen molar-refractivity contribution < 1.29 is 101 Å². The van der Waals surface area contributed by atoms with E-state index in [1.165, 1.54) is 57.3 Å². The summed E-state index contributed by atoms with van der Waals surface area (Å²) in [4.78, 5) is 94.2. The maximum atomic E-state index is 16.0. The first-order valence-electron chi connectivity index (χ1n) is 33.8. The summed E-state index contributed by atoms with van der Waals surface area (Å²) in [6.07, 6.45) is -3.56. The molecule has 2 aromatic carbocycles. The lowest BCUT2D eigenvalue weighted by atomic mass is 9.72. The summed E-state index contributed by atoms with van der Waals surface area (Å²) in [6.45, 7) is 2.47. The van der Waals surface area contributed by atoms with E-state index in [0.29, 0.717) is 47.6 Å². The van der Waals surface area contributed by atoms with E-state index in [2.05, 4.69) is 51.2 Å². The number of fused-ring (bicyclic) bond motifs is 2. The normalized spacial score (nSPS) is 27.9. The van der Waals surface area contributed by atoms with Crippen LogP contribution in [-0.4, -0.2) is 278 Å². The molecule has 32 nitrogen and oxygen atoms in total. The Morgan fingerprint density at radius 2 is 1.45 bits per heavy atom. The summed E-state index contributed by atoms with van der Waals surface area (Å²) in [5.74, 6) is -9.30. The van der Waals surface area contributed by atoms with Crippen molar-refractivity contribution in [3.8, 4) is 22.1 Å². The van der Waals surface area contributed by atoms with Gasteiger partial charge >= 0.3 is 10.4 Å². The Morgan fingerprint density at radius 1 is 0.778 bits per heavy atom. The van der Waals surface area contributed by atoms with Gasteiger partial charge in [0.25, 0.3) is 0 Å². The molecule has 1 saturated carbocycles. The minimum atomic E-state index is -5.23. The predicted octanol–water partition coefficient (Wildman–Crippen LogP) is -2.85. The van der Waals surface area contributed by atoms with Gasteiger partial charge in [0.05, 0.1) is 67.5 Å². The topological polar surface area (TPSA) is 468 Å². The average Bonchev–Trinajstić information content (AvgIpc) is 1.79. The van der Waals surface area contributed by atoms with Crippen molar-refractivity contribution in [1.29, 1.82) is 0 Å². The van der Waals surface area contributed by atoms with Crippen LogP contribution in [0.4, 0.5) is 15.2 Å². The van der Waals surface area contributed by atoms with Crippen molar-refractivity contribution in [2.24, 2.45) is 17.8 Å². The van der Waals surface area contributed by atoms with Crippen molar-refractivity contribution in [3.05, 3.63) is 47.8 Å². The summed E-state index contributed by atoms with van der Waals surface area (Å²) in [5.41, 5.74) is 0.854. The lowest BCUT2D eigenvalue weighted by Gasteiger charge is -2.47. The van der Waals surface area contributed by atoms with Gasteiger partial charge in [-0.3, -0.25) is 33.3 Å². The number of phenols is 1.